The Morgan fingerprint density at radius 1 is 0.950 bits per heavy atom. The molecule has 1 aromatic heterocycles. The highest BCUT2D eigenvalue weighted by Gasteiger charge is 2.23. The highest BCUT2D eigenvalue weighted by atomic mass is 16.3. The Balaban J connectivity index is 2.09. The molecule has 3 heteroatoms. The van der Waals surface area contributed by atoms with Crippen molar-refractivity contribution >= 4 is 27.8 Å². The number of benzene rings is 2. The zero-order chi connectivity index (χ0) is 13.7. The van der Waals surface area contributed by atoms with Crippen LogP contribution in [0.15, 0.2) is 48.5 Å². The van der Waals surface area contributed by atoms with Crippen LogP contribution < -0.4 is 0 Å². The molecule has 98 valence electrons. The van der Waals surface area contributed by atoms with E-state index < -0.39 is 12.2 Å². The number of nitrogens with zero attached hydrogens (tertiary/aromatic N) is 1. The van der Waals surface area contributed by atoms with E-state index in [9.17, 15) is 10.2 Å². The van der Waals surface area contributed by atoms with Gasteiger partial charge in [0.1, 0.15) is 12.2 Å². The Kier molecular flexibility index (Phi) is 2.39. The summed E-state index contributed by atoms with van der Waals surface area (Å²) in [5, 5.41) is 23.0. The van der Waals surface area contributed by atoms with Gasteiger partial charge in [-0.1, -0.05) is 42.5 Å². The molecular formula is C17H13NO2. The fourth-order valence-corrected chi connectivity index (χ4v) is 2.79. The summed E-state index contributed by atoms with van der Waals surface area (Å²) < 4.78 is 0. The lowest BCUT2D eigenvalue weighted by atomic mass is 9.94. The highest BCUT2D eigenvalue weighted by Crippen LogP contribution is 2.32. The Bertz CT molecular complexity index is 854. The molecule has 0 amide bonds. The van der Waals surface area contributed by atoms with E-state index in [4.69, 9.17) is 0 Å². The zero-order valence-electron chi connectivity index (χ0n) is 10.7. The molecule has 0 radical (unpaired) electrons. The van der Waals surface area contributed by atoms with E-state index in [1.165, 1.54) is 0 Å². The van der Waals surface area contributed by atoms with Crippen LogP contribution in [0.4, 0.5) is 0 Å². The SMILES string of the molecule is O[C@@H]1C=Cc2nc3c(ccc4ccccc43)cc2[C@H]1O. The van der Waals surface area contributed by atoms with Gasteiger partial charge in [-0.15, -0.1) is 0 Å². The van der Waals surface area contributed by atoms with E-state index in [1.807, 2.05) is 30.3 Å². The van der Waals surface area contributed by atoms with Gasteiger partial charge >= 0.3 is 0 Å². The summed E-state index contributed by atoms with van der Waals surface area (Å²) >= 11 is 0. The molecule has 0 bridgehead atoms. The van der Waals surface area contributed by atoms with Crippen LogP contribution in [0.5, 0.6) is 0 Å². The smallest absolute Gasteiger partial charge is 0.111 e. The van der Waals surface area contributed by atoms with E-state index in [2.05, 4.69) is 17.1 Å². The van der Waals surface area contributed by atoms with Gasteiger partial charge in [-0.05, 0) is 17.5 Å². The third-order valence-corrected chi connectivity index (χ3v) is 3.86. The number of hydrogen-bond donors (Lipinski definition) is 2. The highest BCUT2D eigenvalue weighted by molar-refractivity contribution is 6.05. The predicted molar refractivity (Wildman–Crippen MR) is 79.2 cm³/mol. The van der Waals surface area contributed by atoms with Crippen molar-refractivity contribution < 1.29 is 10.2 Å². The van der Waals surface area contributed by atoms with Gasteiger partial charge in [-0.25, -0.2) is 4.98 Å². The summed E-state index contributed by atoms with van der Waals surface area (Å²) in [5.74, 6) is 0. The first kappa shape index (κ1) is 11.6. The van der Waals surface area contributed by atoms with Crippen molar-refractivity contribution in [3.8, 4) is 0 Å². The van der Waals surface area contributed by atoms with E-state index in [-0.39, 0.29) is 0 Å². The quantitative estimate of drug-likeness (QED) is 0.613. The Morgan fingerprint density at radius 2 is 1.75 bits per heavy atom. The van der Waals surface area contributed by atoms with E-state index in [1.54, 1.807) is 12.2 Å². The Labute approximate surface area is 115 Å². The molecule has 2 atom stereocenters. The maximum Gasteiger partial charge on any atom is 0.111 e. The van der Waals surface area contributed by atoms with E-state index in [0.717, 1.165) is 27.4 Å². The molecule has 3 aromatic rings. The maximum absolute atomic E-state index is 10.1. The maximum atomic E-state index is 10.1. The van der Waals surface area contributed by atoms with Gasteiger partial charge in [-0.3, -0.25) is 0 Å². The zero-order valence-corrected chi connectivity index (χ0v) is 10.7. The van der Waals surface area contributed by atoms with Crippen LogP contribution in [0.1, 0.15) is 17.4 Å². The standard InChI is InChI=1S/C17H13NO2/c19-15-8-7-14-13(17(15)20)9-11-6-5-10-3-1-2-4-12(10)16(11)18-14/h1-9,15,17,19-20H/t15-,17-/m1/s1. The fourth-order valence-electron chi connectivity index (χ4n) is 2.79. The molecule has 3 nitrogen and oxygen atoms in total. The van der Waals surface area contributed by atoms with Gasteiger partial charge in [0.15, 0.2) is 0 Å². The fraction of sp³-hybridized carbons (Fsp3) is 0.118. The van der Waals surface area contributed by atoms with Crippen molar-refractivity contribution in [3.05, 3.63) is 59.8 Å². The molecule has 0 spiro atoms. The van der Waals surface area contributed by atoms with Crippen molar-refractivity contribution in [2.45, 2.75) is 12.2 Å². The lowest BCUT2D eigenvalue weighted by Crippen LogP contribution is -2.20. The second kappa shape index (κ2) is 4.13. The van der Waals surface area contributed by atoms with Gasteiger partial charge in [0, 0.05) is 16.3 Å². The van der Waals surface area contributed by atoms with Crippen LogP contribution in [0.2, 0.25) is 0 Å². The van der Waals surface area contributed by atoms with Crippen LogP contribution in [0.3, 0.4) is 0 Å². The number of aromatic nitrogens is 1. The predicted octanol–water partition coefficient (Wildman–Crippen LogP) is 2.81. The normalized spacial score (nSPS) is 21.3. The van der Waals surface area contributed by atoms with Gasteiger partial charge in [0.05, 0.1) is 11.2 Å². The number of pyridine rings is 1. The number of rotatable bonds is 0. The molecule has 0 aliphatic heterocycles. The number of aliphatic hydroxyl groups is 2. The molecule has 20 heavy (non-hydrogen) atoms. The van der Waals surface area contributed by atoms with Crippen molar-refractivity contribution in [2.75, 3.05) is 0 Å². The van der Waals surface area contributed by atoms with Crippen LogP contribution in [-0.4, -0.2) is 21.3 Å². The van der Waals surface area contributed by atoms with Crippen LogP contribution in [-0.2, 0) is 0 Å². The molecule has 2 N–H and O–H groups in total. The topological polar surface area (TPSA) is 53.4 Å². The van der Waals surface area contributed by atoms with Crippen molar-refractivity contribution in [3.63, 3.8) is 0 Å². The summed E-state index contributed by atoms with van der Waals surface area (Å²) in [7, 11) is 0. The summed E-state index contributed by atoms with van der Waals surface area (Å²) in [6.07, 6.45) is 1.59. The number of aliphatic hydroxyl groups excluding tert-OH is 2. The number of fused-ring (bicyclic) bond motifs is 4. The first-order valence-electron chi connectivity index (χ1n) is 6.61. The Hall–Kier alpha value is -2.23. The minimum Gasteiger partial charge on any atom is -0.386 e. The summed E-state index contributed by atoms with van der Waals surface area (Å²) in [6.45, 7) is 0. The van der Waals surface area contributed by atoms with Gasteiger partial charge in [0.25, 0.3) is 0 Å². The Morgan fingerprint density at radius 3 is 2.65 bits per heavy atom. The van der Waals surface area contributed by atoms with Crippen LogP contribution >= 0.6 is 0 Å². The third-order valence-electron chi connectivity index (χ3n) is 3.86. The second-order valence-corrected chi connectivity index (χ2v) is 5.12. The van der Waals surface area contributed by atoms with Crippen molar-refractivity contribution in [1.29, 1.82) is 0 Å². The van der Waals surface area contributed by atoms with Gasteiger partial charge in [0.2, 0.25) is 0 Å². The monoisotopic (exact) mass is 263 g/mol. The van der Waals surface area contributed by atoms with Crippen LogP contribution in [0.25, 0.3) is 27.8 Å². The molecule has 1 aliphatic carbocycles. The average Bonchev–Trinajstić information content (AvgIpc) is 2.50. The van der Waals surface area contributed by atoms with Crippen molar-refractivity contribution in [1.82, 2.24) is 4.98 Å². The minimum absolute atomic E-state index is 0.683. The lowest BCUT2D eigenvalue weighted by Gasteiger charge is -2.21. The van der Waals surface area contributed by atoms with E-state index >= 15 is 0 Å². The largest absolute Gasteiger partial charge is 0.386 e. The average molecular weight is 263 g/mol. The molecule has 2 aromatic carbocycles. The van der Waals surface area contributed by atoms with Crippen LogP contribution in [0, 0.1) is 0 Å². The molecule has 0 saturated heterocycles. The molecule has 0 fully saturated rings. The molecule has 0 unspecified atom stereocenters. The van der Waals surface area contributed by atoms with E-state index in [0.29, 0.717) is 5.56 Å². The molecular weight excluding hydrogens is 250 g/mol. The number of hydrogen-bond acceptors (Lipinski definition) is 3. The first-order valence-corrected chi connectivity index (χ1v) is 6.61. The summed E-state index contributed by atoms with van der Waals surface area (Å²) in [5.41, 5.74) is 2.34. The summed E-state index contributed by atoms with van der Waals surface area (Å²) in [6, 6.07) is 14.1. The molecule has 1 aliphatic rings. The van der Waals surface area contributed by atoms with Crippen molar-refractivity contribution in [2.24, 2.45) is 0 Å². The minimum atomic E-state index is -0.904. The first-order chi connectivity index (χ1) is 9.74. The van der Waals surface area contributed by atoms with Gasteiger partial charge < -0.3 is 10.2 Å². The second-order valence-electron chi connectivity index (χ2n) is 5.12. The molecule has 0 saturated carbocycles. The van der Waals surface area contributed by atoms with Gasteiger partial charge in [-0.2, -0.15) is 0 Å². The molecule has 1 heterocycles. The lowest BCUT2D eigenvalue weighted by molar-refractivity contribution is 0.0468. The molecule has 4 rings (SSSR count). The third kappa shape index (κ3) is 1.57. The summed E-state index contributed by atoms with van der Waals surface area (Å²) in [4.78, 5) is 4.67.